The van der Waals surface area contributed by atoms with Gasteiger partial charge >= 0.3 is 0 Å². The fourth-order valence-corrected chi connectivity index (χ4v) is 4.16. The standard InChI is InChI=1S/C23H26ClN7S/c1-16-20(17(2)30(26-16)13-19-8-5-6-10-21(19)24)14-28(3)15-31-23(32)29(4)22(27-31)18-9-7-11-25-12-18/h5-12H,13-15H2,1-4H3. The minimum Gasteiger partial charge on any atom is -0.303 e. The van der Waals surface area contributed by atoms with Crippen LogP contribution in [0.25, 0.3) is 11.4 Å². The molecule has 0 atom stereocenters. The molecule has 0 unspecified atom stereocenters. The Morgan fingerprint density at radius 2 is 1.84 bits per heavy atom. The highest BCUT2D eigenvalue weighted by molar-refractivity contribution is 7.71. The molecule has 0 aliphatic carbocycles. The fourth-order valence-electron chi connectivity index (χ4n) is 3.78. The van der Waals surface area contributed by atoms with Gasteiger partial charge in [-0.15, -0.1) is 0 Å². The average Bonchev–Trinajstić information content (AvgIpc) is 3.21. The van der Waals surface area contributed by atoms with Crippen molar-refractivity contribution in [3.63, 3.8) is 0 Å². The van der Waals surface area contributed by atoms with Crippen molar-refractivity contribution in [3.05, 3.63) is 81.1 Å². The van der Waals surface area contributed by atoms with Crippen molar-refractivity contribution >= 4 is 23.8 Å². The summed E-state index contributed by atoms with van der Waals surface area (Å²) in [5.74, 6) is 0.802. The Labute approximate surface area is 197 Å². The van der Waals surface area contributed by atoms with Crippen molar-refractivity contribution in [1.29, 1.82) is 0 Å². The molecule has 0 saturated carbocycles. The van der Waals surface area contributed by atoms with Crippen LogP contribution in [0.2, 0.25) is 5.02 Å². The largest absolute Gasteiger partial charge is 0.303 e. The van der Waals surface area contributed by atoms with Crippen molar-refractivity contribution in [2.45, 2.75) is 33.6 Å². The van der Waals surface area contributed by atoms with E-state index >= 15 is 0 Å². The van der Waals surface area contributed by atoms with E-state index < -0.39 is 0 Å². The highest BCUT2D eigenvalue weighted by Gasteiger charge is 2.16. The molecule has 0 N–H and O–H groups in total. The summed E-state index contributed by atoms with van der Waals surface area (Å²) in [7, 11) is 3.99. The molecule has 0 radical (unpaired) electrons. The van der Waals surface area contributed by atoms with Gasteiger partial charge in [-0.1, -0.05) is 29.8 Å². The molecule has 0 amide bonds. The molecule has 7 nitrogen and oxygen atoms in total. The summed E-state index contributed by atoms with van der Waals surface area (Å²) in [5, 5.41) is 10.3. The summed E-state index contributed by atoms with van der Waals surface area (Å²) in [6.07, 6.45) is 3.55. The summed E-state index contributed by atoms with van der Waals surface area (Å²) >= 11 is 12.0. The molecule has 32 heavy (non-hydrogen) atoms. The molecule has 0 aliphatic heterocycles. The monoisotopic (exact) mass is 467 g/mol. The highest BCUT2D eigenvalue weighted by atomic mass is 35.5. The van der Waals surface area contributed by atoms with Gasteiger partial charge in [-0.2, -0.15) is 10.2 Å². The smallest absolute Gasteiger partial charge is 0.199 e. The molecule has 0 bridgehead atoms. The molecule has 0 spiro atoms. The number of hydrogen-bond acceptors (Lipinski definition) is 5. The first-order chi connectivity index (χ1) is 15.3. The quantitative estimate of drug-likeness (QED) is 0.371. The number of hydrogen-bond donors (Lipinski definition) is 0. The van der Waals surface area contributed by atoms with Gasteiger partial charge in [-0.25, -0.2) is 4.68 Å². The third-order valence-electron chi connectivity index (χ3n) is 5.57. The molecule has 4 aromatic rings. The molecule has 1 aromatic carbocycles. The van der Waals surface area contributed by atoms with Crippen LogP contribution < -0.4 is 0 Å². The molecule has 3 aromatic heterocycles. The minimum atomic E-state index is 0.571. The van der Waals surface area contributed by atoms with Crippen LogP contribution in [0, 0.1) is 18.6 Å². The van der Waals surface area contributed by atoms with Gasteiger partial charge in [-0.05, 0) is 56.9 Å². The van der Waals surface area contributed by atoms with Gasteiger partial charge in [0.05, 0.1) is 18.9 Å². The van der Waals surface area contributed by atoms with Crippen LogP contribution in [-0.4, -0.2) is 41.1 Å². The van der Waals surface area contributed by atoms with Crippen molar-refractivity contribution in [3.8, 4) is 11.4 Å². The van der Waals surface area contributed by atoms with E-state index in [4.69, 9.17) is 34.0 Å². The van der Waals surface area contributed by atoms with Gasteiger partial charge in [0.15, 0.2) is 10.6 Å². The Hall–Kier alpha value is -2.81. The summed E-state index contributed by atoms with van der Waals surface area (Å²) in [6, 6.07) is 11.8. The van der Waals surface area contributed by atoms with E-state index in [0.29, 0.717) is 18.0 Å². The van der Waals surface area contributed by atoms with E-state index in [1.54, 1.807) is 12.4 Å². The Morgan fingerprint density at radius 3 is 2.56 bits per heavy atom. The molecule has 0 aliphatic rings. The van der Waals surface area contributed by atoms with Crippen molar-refractivity contribution in [1.82, 2.24) is 34.0 Å². The topological polar surface area (TPSA) is 56.7 Å². The van der Waals surface area contributed by atoms with E-state index in [2.05, 4.69) is 23.9 Å². The van der Waals surface area contributed by atoms with E-state index in [0.717, 1.165) is 39.9 Å². The van der Waals surface area contributed by atoms with Crippen LogP contribution in [0.15, 0.2) is 48.8 Å². The first kappa shape index (κ1) is 22.4. The Balaban J connectivity index is 1.52. The molecule has 166 valence electrons. The third kappa shape index (κ3) is 4.53. The van der Waals surface area contributed by atoms with E-state index in [1.165, 1.54) is 5.56 Å². The van der Waals surface area contributed by atoms with Gasteiger partial charge in [0.2, 0.25) is 0 Å². The van der Waals surface area contributed by atoms with Crippen LogP contribution in [0.5, 0.6) is 0 Å². The van der Waals surface area contributed by atoms with E-state index in [9.17, 15) is 0 Å². The van der Waals surface area contributed by atoms with E-state index in [-0.39, 0.29) is 0 Å². The predicted octanol–water partition coefficient (Wildman–Crippen LogP) is 4.62. The summed E-state index contributed by atoms with van der Waals surface area (Å²) in [4.78, 5) is 6.38. The lowest BCUT2D eigenvalue weighted by Crippen LogP contribution is -2.23. The Bertz CT molecular complexity index is 1290. The Morgan fingerprint density at radius 1 is 1.06 bits per heavy atom. The predicted molar refractivity (Wildman–Crippen MR) is 129 cm³/mol. The molecular formula is C23H26ClN7S. The molecule has 0 fully saturated rings. The van der Waals surface area contributed by atoms with E-state index in [1.807, 2.05) is 64.3 Å². The number of aromatic nitrogens is 6. The van der Waals surface area contributed by atoms with Crippen LogP contribution in [-0.2, 0) is 26.8 Å². The number of benzene rings is 1. The van der Waals surface area contributed by atoms with Gasteiger partial charge in [-0.3, -0.25) is 14.6 Å². The molecule has 3 heterocycles. The van der Waals surface area contributed by atoms with Gasteiger partial charge in [0.25, 0.3) is 0 Å². The molecule has 9 heteroatoms. The van der Waals surface area contributed by atoms with Crippen LogP contribution in [0.1, 0.15) is 22.5 Å². The fraction of sp³-hybridized carbons (Fsp3) is 0.304. The van der Waals surface area contributed by atoms with Crippen LogP contribution in [0.4, 0.5) is 0 Å². The van der Waals surface area contributed by atoms with Crippen LogP contribution >= 0.6 is 23.8 Å². The van der Waals surface area contributed by atoms with Crippen molar-refractivity contribution < 1.29 is 0 Å². The summed E-state index contributed by atoms with van der Waals surface area (Å²) < 4.78 is 6.44. The first-order valence-electron chi connectivity index (χ1n) is 10.3. The zero-order chi connectivity index (χ0) is 22.8. The summed E-state index contributed by atoms with van der Waals surface area (Å²) in [5.41, 5.74) is 5.35. The van der Waals surface area contributed by atoms with Crippen molar-refractivity contribution in [2.75, 3.05) is 7.05 Å². The number of halogens is 1. The number of pyridine rings is 1. The van der Waals surface area contributed by atoms with Gasteiger partial charge in [0, 0.05) is 47.8 Å². The normalized spacial score (nSPS) is 11.4. The maximum absolute atomic E-state index is 6.35. The molecule has 0 saturated heterocycles. The maximum Gasteiger partial charge on any atom is 0.199 e. The van der Waals surface area contributed by atoms with Crippen molar-refractivity contribution in [2.24, 2.45) is 7.05 Å². The Kier molecular flexibility index (Phi) is 6.55. The SMILES string of the molecule is Cc1nn(Cc2ccccc2Cl)c(C)c1CN(C)Cn1nc(-c2cccnc2)n(C)c1=S. The average molecular weight is 468 g/mol. The van der Waals surface area contributed by atoms with Crippen LogP contribution in [0.3, 0.4) is 0 Å². The zero-order valence-corrected chi connectivity index (χ0v) is 20.2. The lowest BCUT2D eigenvalue weighted by molar-refractivity contribution is 0.243. The second kappa shape index (κ2) is 9.36. The van der Waals surface area contributed by atoms with Gasteiger partial charge < -0.3 is 4.57 Å². The summed E-state index contributed by atoms with van der Waals surface area (Å²) in [6.45, 7) is 6.11. The highest BCUT2D eigenvalue weighted by Crippen LogP contribution is 2.21. The number of rotatable bonds is 7. The van der Waals surface area contributed by atoms with Gasteiger partial charge in [0.1, 0.15) is 0 Å². The lowest BCUT2D eigenvalue weighted by atomic mass is 10.2. The second-order valence-electron chi connectivity index (χ2n) is 7.96. The second-order valence-corrected chi connectivity index (χ2v) is 8.73. The lowest BCUT2D eigenvalue weighted by Gasteiger charge is -2.17. The molecular weight excluding hydrogens is 442 g/mol. The number of nitrogens with zero attached hydrogens (tertiary/aromatic N) is 7. The zero-order valence-electron chi connectivity index (χ0n) is 18.7. The first-order valence-corrected chi connectivity index (χ1v) is 11.1. The molecule has 4 rings (SSSR count). The minimum absolute atomic E-state index is 0.571. The number of aryl methyl sites for hydroxylation is 1. The third-order valence-corrected chi connectivity index (χ3v) is 6.43. The maximum atomic E-state index is 6.35.